The lowest BCUT2D eigenvalue weighted by molar-refractivity contribution is 0.0571. The van der Waals surface area contributed by atoms with Gasteiger partial charge in [0.25, 0.3) is 0 Å². The van der Waals surface area contributed by atoms with Gasteiger partial charge >= 0.3 is 0 Å². The van der Waals surface area contributed by atoms with Gasteiger partial charge in [-0.05, 0) is 29.3 Å². The summed E-state index contributed by atoms with van der Waals surface area (Å²) < 4.78 is 1.83. The molecule has 0 fully saturated rings. The highest BCUT2D eigenvalue weighted by Crippen LogP contribution is 2.24. The van der Waals surface area contributed by atoms with E-state index in [0.29, 0.717) is 13.1 Å². The lowest BCUT2D eigenvalue weighted by Crippen LogP contribution is -2.34. The van der Waals surface area contributed by atoms with Crippen LogP contribution in [0.5, 0.6) is 0 Å². The van der Waals surface area contributed by atoms with Gasteiger partial charge in [0.1, 0.15) is 0 Å². The van der Waals surface area contributed by atoms with Crippen LogP contribution in [0, 0.1) is 0 Å². The van der Waals surface area contributed by atoms with Crippen LogP contribution in [0.25, 0.3) is 11.3 Å². The Morgan fingerprint density at radius 2 is 2.04 bits per heavy atom. The molecule has 23 heavy (non-hydrogen) atoms. The van der Waals surface area contributed by atoms with E-state index in [1.807, 2.05) is 59.9 Å². The summed E-state index contributed by atoms with van der Waals surface area (Å²) in [5, 5.41) is 22.5. The Hall–Kier alpha value is -1.95. The molecule has 3 aromatic rings. The van der Waals surface area contributed by atoms with E-state index >= 15 is 0 Å². The Morgan fingerprint density at radius 1 is 1.26 bits per heavy atom. The first kappa shape index (κ1) is 15.9. The highest BCUT2D eigenvalue weighted by Gasteiger charge is 2.23. The zero-order valence-electron chi connectivity index (χ0n) is 13.4. The van der Waals surface area contributed by atoms with Crippen LogP contribution < -0.4 is 5.32 Å². The minimum absolute atomic E-state index is 0.493. The van der Waals surface area contributed by atoms with Crippen LogP contribution in [-0.4, -0.2) is 21.4 Å². The second-order valence-corrected chi connectivity index (χ2v) is 6.71. The molecular formula is C18H21N3OS. The predicted molar refractivity (Wildman–Crippen MR) is 94.2 cm³/mol. The highest BCUT2D eigenvalue weighted by molar-refractivity contribution is 7.08. The Labute approximate surface area is 140 Å². The van der Waals surface area contributed by atoms with E-state index in [2.05, 4.69) is 22.5 Å². The summed E-state index contributed by atoms with van der Waals surface area (Å²) in [5.74, 6) is 0. The van der Waals surface area contributed by atoms with Crippen molar-refractivity contribution in [3.8, 4) is 11.3 Å². The van der Waals surface area contributed by atoms with Gasteiger partial charge in [-0.3, -0.25) is 4.68 Å². The summed E-state index contributed by atoms with van der Waals surface area (Å²) in [6.07, 6.45) is 2.02. The van der Waals surface area contributed by atoms with Gasteiger partial charge in [-0.15, -0.1) is 0 Å². The number of aliphatic hydroxyl groups is 1. The number of aryl methyl sites for hydroxylation is 1. The van der Waals surface area contributed by atoms with Gasteiger partial charge in [-0.2, -0.15) is 16.4 Å². The van der Waals surface area contributed by atoms with Crippen molar-refractivity contribution < 1.29 is 5.11 Å². The summed E-state index contributed by atoms with van der Waals surface area (Å²) in [6.45, 7) is 2.99. The van der Waals surface area contributed by atoms with E-state index < -0.39 is 5.60 Å². The van der Waals surface area contributed by atoms with Crippen molar-refractivity contribution in [2.75, 3.05) is 6.54 Å². The summed E-state index contributed by atoms with van der Waals surface area (Å²) in [6, 6.07) is 12.1. The molecule has 120 valence electrons. The van der Waals surface area contributed by atoms with Crippen LogP contribution in [0.1, 0.15) is 18.1 Å². The number of nitrogens with zero attached hydrogens (tertiary/aromatic N) is 2. The Morgan fingerprint density at radius 3 is 2.74 bits per heavy atom. The predicted octanol–water partition coefficient (Wildman–Crippen LogP) is 3.15. The summed E-state index contributed by atoms with van der Waals surface area (Å²) >= 11 is 1.60. The molecule has 2 aromatic heterocycles. The molecule has 0 saturated carbocycles. The van der Waals surface area contributed by atoms with Gasteiger partial charge in [0.15, 0.2) is 0 Å². The zero-order chi connectivity index (χ0) is 16.3. The van der Waals surface area contributed by atoms with Gasteiger partial charge in [0.05, 0.1) is 11.3 Å². The third-order valence-electron chi connectivity index (χ3n) is 3.88. The van der Waals surface area contributed by atoms with Crippen LogP contribution in [0.2, 0.25) is 0 Å². The molecule has 2 N–H and O–H groups in total. The maximum absolute atomic E-state index is 10.6. The van der Waals surface area contributed by atoms with E-state index in [9.17, 15) is 5.11 Å². The fourth-order valence-electron chi connectivity index (χ4n) is 2.62. The Kier molecular flexibility index (Phi) is 4.61. The third kappa shape index (κ3) is 3.69. The second kappa shape index (κ2) is 6.66. The van der Waals surface area contributed by atoms with Gasteiger partial charge in [-0.1, -0.05) is 30.3 Å². The molecule has 0 spiro atoms. The molecule has 0 amide bonds. The molecule has 0 aliphatic heterocycles. The first-order valence-corrected chi connectivity index (χ1v) is 8.54. The summed E-state index contributed by atoms with van der Waals surface area (Å²) in [7, 11) is 1.93. The number of aromatic nitrogens is 2. The highest BCUT2D eigenvalue weighted by atomic mass is 32.1. The van der Waals surface area contributed by atoms with E-state index in [1.54, 1.807) is 11.3 Å². The van der Waals surface area contributed by atoms with Gasteiger partial charge in [-0.25, -0.2) is 0 Å². The lowest BCUT2D eigenvalue weighted by atomic mass is 9.99. The van der Waals surface area contributed by atoms with Crippen molar-refractivity contribution in [1.82, 2.24) is 15.1 Å². The molecule has 3 rings (SSSR count). The van der Waals surface area contributed by atoms with Crippen molar-refractivity contribution in [2.24, 2.45) is 7.05 Å². The van der Waals surface area contributed by atoms with Crippen molar-refractivity contribution in [3.05, 3.63) is 64.5 Å². The van der Waals surface area contributed by atoms with E-state index in [-0.39, 0.29) is 0 Å². The topological polar surface area (TPSA) is 50.1 Å². The number of benzene rings is 1. The molecule has 1 atom stereocenters. The standard InChI is InChI=1S/C18H21N3OS/c1-18(22,16-8-9-23-12-16)13-19-10-15-11-21(2)20-17(15)14-6-4-3-5-7-14/h3-9,11-12,19,22H,10,13H2,1-2H3. The number of nitrogens with one attached hydrogen (secondary N) is 1. The quantitative estimate of drug-likeness (QED) is 0.731. The molecule has 0 radical (unpaired) electrons. The Bertz CT molecular complexity index is 748. The molecule has 1 aromatic carbocycles. The number of rotatable bonds is 6. The molecular weight excluding hydrogens is 306 g/mol. The maximum Gasteiger partial charge on any atom is 0.1000 e. The van der Waals surface area contributed by atoms with Crippen molar-refractivity contribution in [2.45, 2.75) is 19.1 Å². The van der Waals surface area contributed by atoms with Crippen LogP contribution >= 0.6 is 11.3 Å². The molecule has 0 bridgehead atoms. The van der Waals surface area contributed by atoms with Crippen LogP contribution in [0.3, 0.4) is 0 Å². The first-order chi connectivity index (χ1) is 11.1. The molecule has 5 heteroatoms. The average molecular weight is 327 g/mol. The average Bonchev–Trinajstić information content (AvgIpc) is 3.18. The van der Waals surface area contributed by atoms with Gasteiger partial charge < -0.3 is 10.4 Å². The third-order valence-corrected chi connectivity index (χ3v) is 4.56. The molecule has 0 saturated heterocycles. The normalized spacial score (nSPS) is 13.9. The molecule has 4 nitrogen and oxygen atoms in total. The number of hydrogen-bond acceptors (Lipinski definition) is 4. The van der Waals surface area contributed by atoms with Crippen molar-refractivity contribution in [1.29, 1.82) is 0 Å². The van der Waals surface area contributed by atoms with E-state index in [1.165, 1.54) is 0 Å². The minimum atomic E-state index is -0.866. The van der Waals surface area contributed by atoms with Crippen LogP contribution in [0.15, 0.2) is 53.4 Å². The zero-order valence-corrected chi connectivity index (χ0v) is 14.2. The maximum atomic E-state index is 10.6. The molecule has 2 heterocycles. The number of thiophene rings is 1. The monoisotopic (exact) mass is 327 g/mol. The SMILES string of the molecule is Cn1cc(CNCC(C)(O)c2ccsc2)c(-c2ccccc2)n1. The van der Waals surface area contributed by atoms with Crippen molar-refractivity contribution >= 4 is 11.3 Å². The lowest BCUT2D eigenvalue weighted by Gasteiger charge is -2.22. The van der Waals surface area contributed by atoms with E-state index in [0.717, 1.165) is 22.4 Å². The largest absolute Gasteiger partial charge is 0.384 e. The smallest absolute Gasteiger partial charge is 0.1000 e. The summed E-state index contributed by atoms with van der Waals surface area (Å²) in [4.78, 5) is 0. The van der Waals surface area contributed by atoms with Gasteiger partial charge in [0, 0.05) is 37.5 Å². The second-order valence-electron chi connectivity index (χ2n) is 5.93. The molecule has 1 unspecified atom stereocenters. The van der Waals surface area contributed by atoms with Crippen LogP contribution in [-0.2, 0) is 19.2 Å². The van der Waals surface area contributed by atoms with Crippen molar-refractivity contribution in [3.63, 3.8) is 0 Å². The fraction of sp³-hybridized carbons (Fsp3) is 0.278. The molecule has 0 aliphatic rings. The Balaban J connectivity index is 1.70. The number of hydrogen-bond donors (Lipinski definition) is 2. The van der Waals surface area contributed by atoms with Crippen LogP contribution in [0.4, 0.5) is 0 Å². The molecule has 0 aliphatic carbocycles. The summed E-state index contributed by atoms with van der Waals surface area (Å²) in [5.41, 5.74) is 3.30. The minimum Gasteiger partial charge on any atom is -0.384 e. The van der Waals surface area contributed by atoms with Gasteiger partial charge in [0.2, 0.25) is 0 Å². The van der Waals surface area contributed by atoms with E-state index in [4.69, 9.17) is 0 Å². The fourth-order valence-corrected chi connectivity index (χ4v) is 3.40. The first-order valence-electron chi connectivity index (χ1n) is 7.60.